The van der Waals surface area contributed by atoms with Crippen molar-refractivity contribution in [3.63, 3.8) is 0 Å². The zero-order valence-electron chi connectivity index (χ0n) is 5.39. The molecule has 56 valence electrons. The van der Waals surface area contributed by atoms with Crippen molar-refractivity contribution in [2.75, 3.05) is 0 Å². The van der Waals surface area contributed by atoms with E-state index in [1.807, 2.05) is 0 Å². The van der Waals surface area contributed by atoms with Crippen molar-refractivity contribution in [3.8, 4) is 0 Å². The van der Waals surface area contributed by atoms with Crippen LogP contribution in [0.25, 0.3) is 0 Å². The van der Waals surface area contributed by atoms with E-state index >= 15 is 0 Å². The number of rotatable bonds is 2. The van der Waals surface area contributed by atoms with Gasteiger partial charge in [-0.3, -0.25) is 0 Å². The minimum Gasteiger partial charge on any atom is -0.477 e. The summed E-state index contributed by atoms with van der Waals surface area (Å²) in [6.07, 6.45) is 2.88. The van der Waals surface area contributed by atoms with Gasteiger partial charge in [-0.2, -0.15) is 0 Å². The van der Waals surface area contributed by atoms with E-state index in [1.54, 1.807) is 6.07 Å². The quantitative estimate of drug-likeness (QED) is 0.507. The summed E-state index contributed by atoms with van der Waals surface area (Å²) in [4.78, 5) is 17.4. The maximum atomic E-state index is 10.3. The van der Waals surface area contributed by atoms with Gasteiger partial charge < -0.3 is 5.11 Å². The third-order valence-electron chi connectivity index (χ3n) is 0.963. The zero-order valence-corrected chi connectivity index (χ0v) is 6.21. The van der Waals surface area contributed by atoms with E-state index in [0.717, 1.165) is 0 Å². The zero-order chi connectivity index (χ0) is 8.27. The van der Waals surface area contributed by atoms with Crippen LogP contribution in [0.2, 0.25) is 0 Å². The Morgan fingerprint density at radius 1 is 1.45 bits per heavy atom. The molecule has 1 aromatic heterocycles. The van der Waals surface area contributed by atoms with Crippen LogP contribution in [-0.2, 0) is 4.79 Å². The van der Waals surface area contributed by atoms with Crippen molar-refractivity contribution in [1.29, 1.82) is 0 Å². The van der Waals surface area contributed by atoms with Crippen molar-refractivity contribution in [1.82, 2.24) is 9.97 Å². The third kappa shape index (κ3) is 1.78. The Balaban J connectivity index is 2.95. The van der Waals surface area contributed by atoms with Crippen LogP contribution in [-0.4, -0.2) is 25.9 Å². The van der Waals surface area contributed by atoms with Gasteiger partial charge in [0.15, 0.2) is 10.7 Å². The van der Waals surface area contributed by atoms with Gasteiger partial charge in [0.25, 0.3) is 0 Å². The standard InChI is InChI=1S/C6H4N2O2S/c9-6(10)4(11)5-7-2-1-3-8-5/h1-3H,(H,9,10). The average Bonchev–Trinajstić information content (AvgIpc) is 2.05. The first kappa shape index (κ1) is 7.74. The Hall–Kier alpha value is -1.36. The maximum absolute atomic E-state index is 10.3. The van der Waals surface area contributed by atoms with Gasteiger partial charge in [0.05, 0.1) is 0 Å². The number of nitrogens with zero attached hydrogens (tertiary/aromatic N) is 2. The molecule has 0 spiro atoms. The number of carbonyl (C=O) groups is 1. The highest BCUT2D eigenvalue weighted by Crippen LogP contribution is 1.91. The van der Waals surface area contributed by atoms with Gasteiger partial charge in [0, 0.05) is 12.4 Å². The van der Waals surface area contributed by atoms with Crippen LogP contribution in [0.15, 0.2) is 18.5 Å². The first-order valence-electron chi connectivity index (χ1n) is 2.76. The molecule has 0 fully saturated rings. The highest BCUT2D eigenvalue weighted by atomic mass is 32.1. The van der Waals surface area contributed by atoms with E-state index in [4.69, 9.17) is 5.11 Å². The molecule has 0 bridgehead atoms. The van der Waals surface area contributed by atoms with E-state index in [-0.39, 0.29) is 10.7 Å². The Morgan fingerprint density at radius 3 is 2.45 bits per heavy atom. The lowest BCUT2D eigenvalue weighted by molar-refractivity contribution is -0.129. The fraction of sp³-hybridized carbons (Fsp3) is 0. The van der Waals surface area contributed by atoms with E-state index in [0.29, 0.717) is 0 Å². The van der Waals surface area contributed by atoms with Crippen molar-refractivity contribution < 1.29 is 9.90 Å². The van der Waals surface area contributed by atoms with Crippen LogP contribution < -0.4 is 0 Å². The minimum atomic E-state index is -1.17. The largest absolute Gasteiger partial charge is 0.477 e. The van der Waals surface area contributed by atoms with Crippen LogP contribution in [0, 0.1) is 0 Å². The van der Waals surface area contributed by atoms with E-state index in [1.165, 1.54) is 12.4 Å². The molecule has 5 heteroatoms. The normalized spacial score (nSPS) is 9.09. The monoisotopic (exact) mass is 168 g/mol. The minimum absolute atomic E-state index is 0.0787. The molecule has 11 heavy (non-hydrogen) atoms. The van der Waals surface area contributed by atoms with Crippen LogP contribution >= 0.6 is 12.2 Å². The first-order valence-corrected chi connectivity index (χ1v) is 3.17. The van der Waals surface area contributed by atoms with Crippen LogP contribution in [0.5, 0.6) is 0 Å². The molecule has 1 aromatic rings. The van der Waals surface area contributed by atoms with E-state index in [2.05, 4.69) is 22.2 Å². The Bertz CT molecular complexity index is 286. The van der Waals surface area contributed by atoms with Crippen molar-refractivity contribution in [3.05, 3.63) is 24.3 Å². The summed E-state index contributed by atoms with van der Waals surface area (Å²) in [6, 6.07) is 1.59. The molecule has 0 aliphatic rings. The number of carboxylic acid groups (broad SMARTS) is 1. The number of thiocarbonyl (C=S) groups is 1. The second-order valence-electron chi connectivity index (χ2n) is 1.71. The summed E-state index contributed by atoms with van der Waals surface area (Å²) in [6.45, 7) is 0. The van der Waals surface area contributed by atoms with E-state index < -0.39 is 5.97 Å². The number of carboxylic acids is 1. The molecular formula is C6H4N2O2S. The number of aromatic nitrogens is 2. The first-order chi connectivity index (χ1) is 5.22. The molecular weight excluding hydrogens is 164 g/mol. The predicted molar refractivity (Wildman–Crippen MR) is 41.4 cm³/mol. The fourth-order valence-electron chi connectivity index (χ4n) is 0.512. The lowest BCUT2D eigenvalue weighted by Gasteiger charge is -1.92. The highest BCUT2D eigenvalue weighted by Gasteiger charge is 2.10. The van der Waals surface area contributed by atoms with Gasteiger partial charge in [0.1, 0.15) is 0 Å². The van der Waals surface area contributed by atoms with Crippen LogP contribution in [0.3, 0.4) is 0 Å². The molecule has 0 unspecified atom stereocenters. The summed E-state index contributed by atoms with van der Waals surface area (Å²) in [7, 11) is 0. The summed E-state index contributed by atoms with van der Waals surface area (Å²) in [5.41, 5.74) is 0. The molecule has 0 aliphatic heterocycles. The van der Waals surface area contributed by atoms with Gasteiger partial charge in [-0.05, 0) is 6.07 Å². The molecule has 0 amide bonds. The molecule has 1 rings (SSSR count). The Morgan fingerprint density at radius 2 is 2.00 bits per heavy atom. The molecule has 0 atom stereocenters. The predicted octanol–water partition coefficient (Wildman–Crippen LogP) is 0.279. The number of hydrogen-bond acceptors (Lipinski definition) is 4. The van der Waals surface area contributed by atoms with Gasteiger partial charge in [0.2, 0.25) is 0 Å². The van der Waals surface area contributed by atoms with Crippen LogP contribution in [0.1, 0.15) is 5.82 Å². The smallest absolute Gasteiger partial charge is 0.350 e. The Kier molecular flexibility index (Phi) is 2.22. The molecule has 0 saturated carbocycles. The molecule has 1 N–H and O–H groups in total. The van der Waals surface area contributed by atoms with Crippen molar-refractivity contribution in [2.45, 2.75) is 0 Å². The third-order valence-corrected chi connectivity index (χ3v) is 1.32. The molecule has 0 aliphatic carbocycles. The topological polar surface area (TPSA) is 63.1 Å². The second kappa shape index (κ2) is 3.16. The van der Waals surface area contributed by atoms with Gasteiger partial charge >= 0.3 is 5.97 Å². The molecule has 4 nitrogen and oxygen atoms in total. The SMILES string of the molecule is O=C(O)C(=S)c1ncccn1. The summed E-state index contributed by atoms with van der Waals surface area (Å²) in [5, 5.41) is 8.41. The summed E-state index contributed by atoms with van der Waals surface area (Å²) in [5.74, 6) is -1.10. The molecule has 0 aromatic carbocycles. The van der Waals surface area contributed by atoms with Gasteiger partial charge in [-0.15, -0.1) is 0 Å². The summed E-state index contributed by atoms with van der Waals surface area (Å²) >= 11 is 4.52. The fourth-order valence-corrected chi connectivity index (χ4v) is 0.617. The highest BCUT2D eigenvalue weighted by molar-refractivity contribution is 7.82. The summed E-state index contributed by atoms with van der Waals surface area (Å²) < 4.78 is 0. The second-order valence-corrected chi connectivity index (χ2v) is 2.11. The molecule has 0 radical (unpaired) electrons. The Labute approximate surface area is 67.9 Å². The van der Waals surface area contributed by atoms with Crippen molar-refractivity contribution >= 4 is 23.1 Å². The number of aliphatic carboxylic acids is 1. The average molecular weight is 168 g/mol. The van der Waals surface area contributed by atoms with E-state index in [9.17, 15) is 4.79 Å². The molecule has 1 heterocycles. The maximum Gasteiger partial charge on any atom is 0.350 e. The van der Waals surface area contributed by atoms with Crippen molar-refractivity contribution in [2.24, 2.45) is 0 Å². The lowest BCUT2D eigenvalue weighted by atomic mass is 10.4. The lowest BCUT2D eigenvalue weighted by Crippen LogP contribution is -2.14. The van der Waals surface area contributed by atoms with Gasteiger partial charge in [-0.25, -0.2) is 14.8 Å². The molecule has 0 saturated heterocycles. The van der Waals surface area contributed by atoms with Crippen LogP contribution in [0.4, 0.5) is 0 Å². The van der Waals surface area contributed by atoms with Gasteiger partial charge in [-0.1, -0.05) is 12.2 Å². The number of hydrogen-bond donors (Lipinski definition) is 1.